The van der Waals surface area contributed by atoms with Crippen molar-refractivity contribution in [1.29, 1.82) is 0 Å². The molecular formula is C12H15ClFN3O. The third-order valence-corrected chi connectivity index (χ3v) is 2.48. The maximum Gasteiger partial charge on any atom is 0.165 e. The van der Waals surface area contributed by atoms with E-state index in [0.29, 0.717) is 13.1 Å². The van der Waals surface area contributed by atoms with Gasteiger partial charge in [-0.25, -0.2) is 4.39 Å². The zero-order chi connectivity index (χ0) is 12.3. The van der Waals surface area contributed by atoms with Gasteiger partial charge in [0.1, 0.15) is 0 Å². The minimum absolute atomic E-state index is 0. The van der Waals surface area contributed by atoms with E-state index in [9.17, 15) is 4.39 Å². The Morgan fingerprint density at radius 2 is 2.17 bits per heavy atom. The summed E-state index contributed by atoms with van der Waals surface area (Å²) in [5, 5.41) is 4.14. The monoisotopic (exact) mass is 271 g/mol. The highest BCUT2D eigenvalue weighted by Crippen LogP contribution is 2.18. The summed E-state index contributed by atoms with van der Waals surface area (Å²) in [4.78, 5) is 0. The molecule has 0 bridgehead atoms. The van der Waals surface area contributed by atoms with E-state index in [1.165, 1.54) is 13.2 Å². The van der Waals surface area contributed by atoms with Crippen molar-refractivity contribution in [3.05, 3.63) is 47.5 Å². The molecule has 2 N–H and O–H groups in total. The van der Waals surface area contributed by atoms with Crippen molar-refractivity contribution < 1.29 is 9.13 Å². The predicted octanol–water partition coefficient (Wildman–Crippen LogP) is 1.96. The molecule has 0 amide bonds. The number of nitrogens with two attached hydrogens (primary N) is 1. The normalized spacial score (nSPS) is 9.94. The van der Waals surface area contributed by atoms with E-state index in [1.807, 2.05) is 12.3 Å². The number of benzene rings is 1. The number of hydrogen-bond acceptors (Lipinski definition) is 3. The van der Waals surface area contributed by atoms with Crippen molar-refractivity contribution in [2.45, 2.75) is 13.1 Å². The van der Waals surface area contributed by atoms with Crippen LogP contribution in [0, 0.1) is 5.82 Å². The zero-order valence-electron chi connectivity index (χ0n) is 9.97. The Balaban J connectivity index is 0.00000162. The lowest BCUT2D eigenvalue weighted by Crippen LogP contribution is -2.01. The standard InChI is InChI=1S/C12H14FN3O.ClH/c1-17-12-3-2-9(4-11(12)13)7-16-8-10(5-14)6-15-16;/h2-4,6,8H,5,7,14H2,1H3;1H. The van der Waals surface area contributed by atoms with Crippen LogP contribution in [0.25, 0.3) is 0 Å². The highest BCUT2D eigenvalue weighted by molar-refractivity contribution is 5.85. The summed E-state index contributed by atoms with van der Waals surface area (Å²) in [6, 6.07) is 4.87. The maximum atomic E-state index is 13.4. The lowest BCUT2D eigenvalue weighted by atomic mass is 10.2. The second-order valence-corrected chi connectivity index (χ2v) is 3.72. The fraction of sp³-hybridized carbons (Fsp3) is 0.250. The molecule has 2 aromatic rings. The zero-order valence-corrected chi connectivity index (χ0v) is 10.8. The molecule has 0 aliphatic carbocycles. The van der Waals surface area contributed by atoms with Crippen molar-refractivity contribution in [3.63, 3.8) is 0 Å². The second-order valence-electron chi connectivity index (χ2n) is 3.72. The van der Waals surface area contributed by atoms with Crippen LogP contribution >= 0.6 is 12.4 Å². The first-order valence-corrected chi connectivity index (χ1v) is 5.26. The third-order valence-electron chi connectivity index (χ3n) is 2.48. The average Bonchev–Trinajstić information content (AvgIpc) is 2.77. The smallest absolute Gasteiger partial charge is 0.165 e. The van der Waals surface area contributed by atoms with Gasteiger partial charge in [0.15, 0.2) is 11.6 Å². The summed E-state index contributed by atoms with van der Waals surface area (Å²) in [7, 11) is 1.44. The number of aromatic nitrogens is 2. The van der Waals surface area contributed by atoms with E-state index >= 15 is 0 Å². The van der Waals surface area contributed by atoms with Crippen molar-refractivity contribution in [2.75, 3.05) is 7.11 Å². The minimum Gasteiger partial charge on any atom is -0.494 e. The fourth-order valence-corrected chi connectivity index (χ4v) is 1.59. The first kappa shape index (κ1) is 14.5. The third kappa shape index (κ3) is 3.21. The molecule has 0 aliphatic heterocycles. The summed E-state index contributed by atoms with van der Waals surface area (Å²) in [6.07, 6.45) is 3.56. The summed E-state index contributed by atoms with van der Waals surface area (Å²) in [6.45, 7) is 0.970. The molecule has 1 heterocycles. The topological polar surface area (TPSA) is 53.1 Å². The van der Waals surface area contributed by atoms with Gasteiger partial charge in [-0.15, -0.1) is 12.4 Å². The molecule has 6 heteroatoms. The molecule has 4 nitrogen and oxygen atoms in total. The molecule has 0 fully saturated rings. The minimum atomic E-state index is -0.365. The molecule has 0 unspecified atom stereocenters. The van der Waals surface area contributed by atoms with Gasteiger partial charge in [-0.1, -0.05) is 6.07 Å². The number of halogens is 2. The Bertz CT molecular complexity index is 516. The van der Waals surface area contributed by atoms with Gasteiger partial charge in [0.05, 0.1) is 19.9 Å². The van der Waals surface area contributed by atoms with Gasteiger partial charge < -0.3 is 10.5 Å². The average molecular weight is 272 g/mol. The summed E-state index contributed by atoms with van der Waals surface area (Å²) >= 11 is 0. The SMILES string of the molecule is COc1ccc(Cn2cc(CN)cn2)cc1F.Cl. The van der Waals surface area contributed by atoms with E-state index in [2.05, 4.69) is 5.10 Å². The lowest BCUT2D eigenvalue weighted by molar-refractivity contribution is 0.386. The van der Waals surface area contributed by atoms with Crippen LogP contribution < -0.4 is 10.5 Å². The van der Waals surface area contributed by atoms with Crippen LogP contribution in [0.5, 0.6) is 5.75 Å². The summed E-state index contributed by atoms with van der Waals surface area (Å²) in [5.74, 6) is -0.118. The molecule has 0 atom stereocenters. The van der Waals surface area contributed by atoms with Crippen LogP contribution in [0.2, 0.25) is 0 Å². The van der Waals surface area contributed by atoms with Gasteiger partial charge in [0.2, 0.25) is 0 Å². The summed E-state index contributed by atoms with van der Waals surface area (Å²) in [5.41, 5.74) is 7.27. The van der Waals surface area contributed by atoms with Crippen LogP contribution in [0.1, 0.15) is 11.1 Å². The van der Waals surface area contributed by atoms with Crippen molar-refractivity contribution in [1.82, 2.24) is 9.78 Å². The highest BCUT2D eigenvalue weighted by atomic mass is 35.5. The van der Waals surface area contributed by atoms with E-state index in [4.69, 9.17) is 10.5 Å². The molecule has 0 radical (unpaired) electrons. The number of ether oxygens (including phenoxy) is 1. The Hall–Kier alpha value is -1.59. The molecule has 1 aromatic heterocycles. The molecule has 0 spiro atoms. The van der Waals surface area contributed by atoms with Crippen LogP contribution in [-0.2, 0) is 13.1 Å². The second kappa shape index (κ2) is 6.37. The van der Waals surface area contributed by atoms with Crippen LogP contribution in [-0.4, -0.2) is 16.9 Å². The molecule has 18 heavy (non-hydrogen) atoms. The Kier molecular flexibility index (Phi) is 5.12. The van der Waals surface area contributed by atoms with Gasteiger partial charge in [-0.2, -0.15) is 5.10 Å². The van der Waals surface area contributed by atoms with Crippen molar-refractivity contribution >= 4 is 12.4 Å². The van der Waals surface area contributed by atoms with Gasteiger partial charge in [-0.05, 0) is 17.7 Å². The highest BCUT2D eigenvalue weighted by Gasteiger charge is 2.04. The van der Waals surface area contributed by atoms with E-state index in [0.717, 1.165) is 11.1 Å². The number of rotatable bonds is 4. The quantitative estimate of drug-likeness (QED) is 0.925. The van der Waals surface area contributed by atoms with Gasteiger partial charge in [-0.3, -0.25) is 4.68 Å². The van der Waals surface area contributed by atoms with Crippen LogP contribution in [0.15, 0.2) is 30.6 Å². The first-order valence-electron chi connectivity index (χ1n) is 5.26. The number of methoxy groups -OCH3 is 1. The summed E-state index contributed by atoms with van der Waals surface area (Å²) < 4.78 is 20.0. The van der Waals surface area contributed by atoms with Gasteiger partial charge >= 0.3 is 0 Å². The Morgan fingerprint density at radius 1 is 1.39 bits per heavy atom. The molecule has 98 valence electrons. The molecule has 1 aromatic carbocycles. The Labute approximate surface area is 111 Å². The van der Waals surface area contributed by atoms with E-state index < -0.39 is 0 Å². The predicted molar refractivity (Wildman–Crippen MR) is 69.4 cm³/mol. The lowest BCUT2D eigenvalue weighted by Gasteiger charge is -2.05. The molecular weight excluding hydrogens is 257 g/mol. The van der Waals surface area contributed by atoms with Crippen molar-refractivity contribution in [2.24, 2.45) is 5.73 Å². The number of nitrogens with zero attached hydrogens (tertiary/aromatic N) is 2. The van der Waals surface area contributed by atoms with E-state index in [1.54, 1.807) is 16.9 Å². The van der Waals surface area contributed by atoms with E-state index in [-0.39, 0.29) is 24.0 Å². The Morgan fingerprint density at radius 3 is 2.72 bits per heavy atom. The maximum absolute atomic E-state index is 13.4. The van der Waals surface area contributed by atoms with Crippen LogP contribution in [0.3, 0.4) is 0 Å². The largest absolute Gasteiger partial charge is 0.494 e. The molecule has 0 aliphatic rings. The van der Waals surface area contributed by atoms with Gasteiger partial charge in [0, 0.05) is 18.3 Å². The van der Waals surface area contributed by atoms with Crippen molar-refractivity contribution in [3.8, 4) is 5.75 Å². The molecule has 2 rings (SSSR count). The first-order chi connectivity index (χ1) is 8.22. The molecule has 0 saturated heterocycles. The van der Waals surface area contributed by atoms with Crippen LogP contribution in [0.4, 0.5) is 4.39 Å². The number of hydrogen-bond donors (Lipinski definition) is 1. The fourth-order valence-electron chi connectivity index (χ4n) is 1.59. The molecule has 0 saturated carbocycles. The van der Waals surface area contributed by atoms with Gasteiger partial charge in [0.25, 0.3) is 0 Å².